The first-order valence-corrected chi connectivity index (χ1v) is 8.59. The molecule has 0 aliphatic heterocycles. The topological polar surface area (TPSA) is 12.0 Å². The Balaban J connectivity index is 1.79. The van der Waals surface area contributed by atoms with Gasteiger partial charge in [-0.15, -0.1) is 11.3 Å². The van der Waals surface area contributed by atoms with Crippen LogP contribution in [-0.4, -0.2) is 0 Å². The van der Waals surface area contributed by atoms with Crippen molar-refractivity contribution in [2.45, 2.75) is 38.3 Å². The Hall–Kier alpha value is -0.710. The molecule has 4 heteroatoms. The third-order valence-electron chi connectivity index (χ3n) is 3.93. The van der Waals surface area contributed by atoms with Crippen molar-refractivity contribution in [3.63, 3.8) is 0 Å². The molecule has 0 saturated carbocycles. The molecule has 1 aliphatic rings. The number of nitrogens with one attached hydrogen (secondary N) is 1. The van der Waals surface area contributed by atoms with Gasteiger partial charge in [0.1, 0.15) is 5.82 Å². The lowest BCUT2D eigenvalue weighted by Gasteiger charge is -2.27. The van der Waals surface area contributed by atoms with E-state index in [-0.39, 0.29) is 11.9 Å². The first-order chi connectivity index (χ1) is 9.65. The van der Waals surface area contributed by atoms with E-state index in [0.29, 0.717) is 6.04 Å². The molecule has 2 atom stereocenters. The van der Waals surface area contributed by atoms with E-state index < -0.39 is 0 Å². The molecular formula is C16H17BrFNS. The molecule has 0 radical (unpaired) electrons. The van der Waals surface area contributed by atoms with Gasteiger partial charge >= 0.3 is 0 Å². The average Bonchev–Trinajstić information content (AvgIpc) is 2.87. The standard InChI is InChI=1S/C16H17BrFNS/c1-10(12-6-5-11(17)9-14(12)18)19-15-3-2-4-16-13(15)7-8-20-16/h5-10,15,19H,2-4H2,1H3. The summed E-state index contributed by atoms with van der Waals surface area (Å²) >= 11 is 5.14. The molecule has 2 aromatic rings. The largest absolute Gasteiger partial charge is 0.303 e. The van der Waals surface area contributed by atoms with Crippen LogP contribution in [0.15, 0.2) is 34.1 Å². The van der Waals surface area contributed by atoms with Crippen LogP contribution in [0.3, 0.4) is 0 Å². The van der Waals surface area contributed by atoms with Crippen molar-refractivity contribution in [1.82, 2.24) is 5.32 Å². The van der Waals surface area contributed by atoms with E-state index in [0.717, 1.165) is 16.5 Å². The normalized spacial score (nSPS) is 19.6. The van der Waals surface area contributed by atoms with Crippen LogP contribution in [0.1, 0.15) is 47.9 Å². The van der Waals surface area contributed by atoms with Crippen molar-refractivity contribution in [3.05, 3.63) is 55.9 Å². The number of hydrogen-bond acceptors (Lipinski definition) is 2. The smallest absolute Gasteiger partial charge is 0.129 e. The summed E-state index contributed by atoms with van der Waals surface area (Å²) in [5.41, 5.74) is 2.14. The highest BCUT2D eigenvalue weighted by atomic mass is 79.9. The molecule has 1 N–H and O–H groups in total. The van der Waals surface area contributed by atoms with Crippen LogP contribution >= 0.6 is 27.3 Å². The maximum Gasteiger partial charge on any atom is 0.129 e. The summed E-state index contributed by atoms with van der Waals surface area (Å²) in [6.45, 7) is 2.03. The van der Waals surface area contributed by atoms with Crippen LogP contribution in [0.5, 0.6) is 0 Å². The van der Waals surface area contributed by atoms with Crippen LogP contribution in [0.4, 0.5) is 4.39 Å². The van der Waals surface area contributed by atoms with E-state index in [9.17, 15) is 4.39 Å². The van der Waals surface area contributed by atoms with Gasteiger partial charge in [-0.1, -0.05) is 22.0 Å². The number of rotatable bonds is 3. The van der Waals surface area contributed by atoms with Gasteiger partial charge in [-0.25, -0.2) is 4.39 Å². The number of hydrogen-bond donors (Lipinski definition) is 1. The molecular weight excluding hydrogens is 337 g/mol. The van der Waals surface area contributed by atoms with Crippen molar-refractivity contribution in [2.24, 2.45) is 0 Å². The minimum atomic E-state index is -0.152. The first-order valence-electron chi connectivity index (χ1n) is 6.92. The number of thiophene rings is 1. The van der Waals surface area contributed by atoms with E-state index in [1.54, 1.807) is 0 Å². The highest BCUT2D eigenvalue weighted by Crippen LogP contribution is 2.35. The lowest BCUT2D eigenvalue weighted by atomic mass is 9.93. The van der Waals surface area contributed by atoms with Gasteiger partial charge in [0.15, 0.2) is 0 Å². The average molecular weight is 354 g/mol. The summed E-state index contributed by atoms with van der Waals surface area (Å²) < 4.78 is 14.8. The molecule has 0 bridgehead atoms. The highest BCUT2D eigenvalue weighted by molar-refractivity contribution is 9.10. The molecule has 1 aromatic heterocycles. The molecule has 0 fully saturated rings. The second kappa shape index (κ2) is 5.96. The van der Waals surface area contributed by atoms with Gasteiger partial charge in [-0.2, -0.15) is 0 Å². The fourth-order valence-corrected chi connectivity index (χ4v) is 4.22. The van der Waals surface area contributed by atoms with Gasteiger partial charge in [-0.3, -0.25) is 0 Å². The SMILES string of the molecule is CC(NC1CCCc2sccc21)c1ccc(Br)cc1F. The third kappa shape index (κ3) is 2.83. The predicted molar refractivity (Wildman–Crippen MR) is 85.6 cm³/mol. The third-order valence-corrected chi connectivity index (χ3v) is 5.42. The van der Waals surface area contributed by atoms with Gasteiger partial charge in [0.05, 0.1) is 0 Å². The summed E-state index contributed by atoms with van der Waals surface area (Å²) in [6, 6.07) is 7.86. The fourth-order valence-electron chi connectivity index (χ4n) is 2.90. The van der Waals surface area contributed by atoms with Gasteiger partial charge in [0.25, 0.3) is 0 Å². The Bertz CT molecular complexity index is 610. The Kier molecular flexibility index (Phi) is 4.24. The predicted octanol–water partition coefficient (Wildman–Crippen LogP) is 5.38. The van der Waals surface area contributed by atoms with Crippen LogP contribution in [-0.2, 0) is 6.42 Å². The molecule has 1 heterocycles. The number of aryl methyl sites for hydroxylation is 1. The maximum atomic E-state index is 14.0. The molecule has 1 nitrogen and oxygen atoms in total. The summed E-state index contributed by atoms with van der Waals surface area (Å²) in [6.07, 6.45) is 3.53. The second-order valence-electron chi connectivity index (χ2n) is 5.30. The minimum Gasteiger partial charge on any atom is -0.303 e. The lowest BCUT2D eigenvalue weighted by molar-refractivity contribution is 0.410. The number of halogens is 2. The van der Waals surface area contributed by atoms with Gasteiger partial charge in [0.2, 0.25) is 0 Å². The molecule has 20 heavy (non-hydrogen) atoms. The molecule has 1 aliphatic carbocycles. The van der Waals surface area contributed by atoms with E-state index in [1.807, 2.05) is 30.4 Å². The number of benzene rings is 1. The fraction of sp³-hybridized carbons (Fsp3) is 0.375. The van der Waals surface area contributed by atoms with Gasteiger partial charge in [-0.05, 0) is 55.3 Å². The highest BCUT2D eigenvalue weighted by Gasteiger charge is 2.23. The molecule has 2 unspecified atom stereocenters. The van der Waals surface area contributed by atoms with Gasteiger partial charge < -0.3 is 5.32 Å². The lowest BCUT2D eigenvalue weighted by Crippen LogP contribution is -2.27. The summed E-state index contributed by atoms with van der Waals surface area (Å²) in [4.78, 5) is 1.48. The van der Waals surface area contributed by atoms with Crippen molar-refractivity contribution < 1.29 is 4.39 Å². The summed E-state index contributed by atoms with van der Waals surface area (Å²) in [5.74, 6) is -0.152. The monoisotopic (exact) mass is 353 g/mol. The van der Waals surface area contributed by atoms with Crippen molar-refractivity contribution in [2.75, 3.05) is 0 Å². The molecule has 0 saturated heterocycles. The van der Waals surface area contributed by atoms with E-state index in [1.165, 1.54) is 29.3 Å². The Morgan fingerprint density at radius 1 is 1.40 bits per heavy atom. The molecule has 0 spiro atoms. The zero-order chi connectivity index (χ0) is 14.1. The van der Waals surface area contributed by atoms with E-state index >= 15 is 0 Å². The minimum absolute atomic E-state index is 0.0129. The molecule has 1 aromatic carbocycles. The van der Waals surface area contributed by atoms with E-state index in [2.05, 4.69) is 32.7 Å². The van der Waals surface area contributed by atoms with Crippen molar-refractivity contribution >= 4 is 27.3 Å². The zero-order valence-corrected chi connectivity index (χ0v) is 13.7. The quantitative estimate of drug-likeness (QED) is 0.781. The molecule has 106 valence electrons. The Labute approximate surface area is 131 Å². The van der Waals surface area contributed by atoms with Crippen molar-refractivity contribution in [3.8, 4) is 0 Å². The first kappa shape index (κ1) is 14.2. The van der Waals surface area contributed by atoms with Crippen LogP contribution in [0.2, 0.25) is 0 Å². The Morgan fingerprint density at radius 2 is 2.25 bits per heavy atom. The van der Waals surface area contributed by atoms with Crippen LogP contribution in [0.25, 0.3) is 0 Å². The van der Waals surface area contributed by atoms with Gasteiger partial charge in [0, 0.05) is 27.0 Å². The van der Waals surface area contributed by atoms with E-state index in [4.69, 9.17) is 0 Å². The van der Waals surface area contributed by atoms with Crippen LogP contribution < -0.4 is 5.32 Å². The number of fused-ring (bicyclic) bond motifs is 1. The van der Waals surface area contributed by atoms with Crippen molar-refractivity contribution in [1.29, 1.82) is 0 Å². The molecule has 3 rings (SSSR count). The molecule has 0 amide bonds. The van der Waals surface area contributed by atoms with Crippen LogP contribution in [0, 0.1) is 5.82 Å². The Morgan fingerprint density at radius 3 is 3.05 bits per heavy atom. The zero-order valence-electron chi connectivity index (χ0n) is 11.3. The maximum absolute atomic E-state index is 14.0. The second-order valence-corrected chi connectivity index (χ2v) is 7.21. The summed E-state index contributed by atoms with van der Waals surface area (Å²) in [5, 5.41) is 5.75. The summed E-state index contributed by atoms with van der Waals surface area (Å²) in [7, 11) is 0.